The van der Waals surface area contributed by atoms with Gasteiger partial charge in [-0.2, -0.15) is 4.31 Å². The number of hydrogen-bond acceptors (Lipinski definition) is 4. The lowest BCUT2D eigenvalue weighted by molar-refractivity contribution is 0.315. The Balaban J connectivity index is 3.16. The molecule has 1 aromatic rings. The lowest BCUT2D eigenvalue weighted by Gasteiger charge is -2.20. The van der Waals surface area contributed by atoms with Crippen molar-refractivity contribution in [2.75, 3.05) is 13.1 Å². The largest absolute Gasteiger partial charge is 0.409 e. The van der Waals surface area contributed by atoms with Gasteiger partial charge < -0.3 is 10.9 Å². The maximum Gasteiger partial charge on any atom is 0.243 e. The third-order valence-electron chi connectivity index (χ3n) is 2.94. The van der Waals surface area contributed by atoms with Crippen LogP contribution in [-0.2, 0) is 10.0 Å². The molecule has 0 radical (unpaired) electrons. The van der Waals surface area contributed by atoms with Crippen LogP contribution in [0.5, 0.6) is 0 Å². The maximum atomic E-state index is 12.4. The van der Waals surface area contributed by atoms with Gasteiger partial charge in [-0.1, -0.05) is 18.1 Å². The molecule has 106 valence electrons. The molecule has 0 aromatic heterocycles. The van der Waals surface area contributed by atoms with E-state index in [1.165, 1.54) is 0 Å². The van der Waals surface area contributed by atoms with Crippen molar-refractivity contribution in [2.24, 2.45) is 10.9 Å². The number of aryl methyl sites for hydroxylation is 2. The summed E-state index contributed by atoms with van der Waals surface area (Å²) in [4.78, 5) is 0.211. The van der Waals surface area contributed by atoms with Gasteiger partial charge in [-0.05, 0) is 37.1 Å². The van der Waals surface area contributed by atoms with Crippen molar-refractivity contribution in [1.82, 2.24) is 4.31 Å². The number of hydrogen-bond donors (Lipinski definition) is 2. The van der Waals surface area contributed by atoms with E-state index in [4.69, 9.17) is 10.9 Å². The first-order chi connectivity index (χ1) is 8.82. The summed E-state index contributed by atoms with van der Waals surface area (Å²) in [6.07, 6.45) is 0. The van der Waals surface area contributed by atoms with Crippen molar-refractivity contribution in [3.63, 3.8) is 0 Å². The number of nitrogens with zero attached hydrogens (tertiary/aromatic N) is 2. The Morgan fingerprint density at radius 3 is 2.47 bits per heavy atom. The molecular formula is C12H19N3O3S. The number of amidine groups is 1. The van der Waals surface area contributed by atoms with Gasteiger partial charge in [0.05, 0.1) is 11.4 Å². The van der Waals surface area contributed by atoms with E-state index in [0.717, 1.165) is 15.4 Å². The van der Waals surface area contributed by atoms with Crippen molar-refractivity contribution in [1.29, 1.82) is 0 Å². The van der Waals surface area contributed by atoms with Crippen molar-refractivity contribution in [3.8, 4) is 0 Å². The predicted octanol–water partition coefficient (Wildman–Crippen LogP) is 1.06. The molecule has 1 rings (SSSR count). The second kappa shape index (κ2) is 6.03. The molecule has 1 aromatic carbocycles. The fraction of sp³-hybridized carbons (Fsp3) is 0.417. The molecule has 19 heavy (non-hydrogen) atoms. The summed E-state index contributed by atoms with van der Waals surface area (Å²) in [5.41, 5.74) is 7.30. The van der Waals surface area contributed by atoms with Gasteiger partial charge in [0.1, 0.15) is 0 Å². The third-order valence-corrected chi connectivity index (χ3v) is 4.85. The van der Waals surface area contributed by atoms with Crippen LogP contribution in [0, 0.1) is 13.8 Å². The molecule has 0 amide bonds. The molecule has 0 aliphatic rings. The lowest BCUT2D eigenvalue weighted by atomic mass is 10.1. The molecule has 3 N–H and O–H groups in total. The molecular weight excluding hydrogens is 266 g/mol. The first kappa shape index (κ1) is 15.5. The fourth-order valence-electron chi connectivity index (χ4n) is 1.60. The topological polar surface area (TPSA) is 96.0 Å². The van der Waals surface area contributed by atoms with E-state index in [1.807, 2.05) is 13.8 Å². The summed E-state index contributed by atoms with van der Waals surface area (Å²) in [5, 5.41) is 11.3. The van der Waals surface area contributed by atoms with E-state index in [1.54, 1.807) is 25.1 Å². The second-order valence-electron chi connectivity index (χ2n) is 4.27. The Labute approximate surface area is 113 Å². The maximum absolute atomic E-state index is 12.4. The van der Waals surface area contributed by atoms with E-state index in [9.17, 15) is 8.42 Å². The van der Waals surface area contributed by atoms with Crippen LogP contribution in [0.25, 0.3) is 0 Å². The Hall–Kier alpha value is -1.60. The minimum Gasteiger partial charge on any atom is -0.409 e. The summed E-state index contributed by atoms with van der Waals surface area (Å²) < 4.78 is 26.0. The normalized spacial score (nSPS) is 12.9. The quantitative estimate of drug-likeness (QED) is 0.366. The van der Waals surface area contributed by atoms with Crippen LogP contribution >= 0.6 is 0 Å². The molecule has 0 aliphatic carbocycles. The zero-order chi connectivity index (χ0) is 14.6. The Bertz CT molecular complexity index is 582. The van der Waals surface area contributed by atoms with Crippen LogP contribution in [0.15, 0.2) is 28.3 Å². The van der Waals surface area contributed by atoms with E-state index in [-0.39, 0.29) is 23.8 Å². The highest BCUT2D eigenvalue weighted by molar-refractivity contribution is 7.89. The molecule has 0 spiro atoms. The third kappa shape index (κ3) is 3.45. The zero-order valence-corrected chi connectivity index (χ0v) is 12.1. The summed E-state index contributed by atoms with van der Waals surface area (Å²) in [6, 6.07) is 4.95. The number of likely N-dealkylation sites (N-methyl/N-ethyl adjacent to an activating group) is 1. The van der Waals surface area contributed by atoms with Gasteiger partial charge in [-0.3, -0.25) is 0 Å². The Kier molecular flexibility index (Phi) is 4.90. The van der Waals surface area contributed by atoms with Gasteiger partial charge in [0.25, 0.3) is 0 Å². The smallest absolute Gasteiger partial charge is 0.243 e. The van der Waals surface area contributed by atoms with E-state index >= 15 is 0 Å². The highest BCUT2D eigenvalue weighted by atomic mass is 32.2. The number of oxime groups is 1. The molecule has 6 nitrogen and oxygen atoms in total. The monoisotopic (exact) mass is 285 g/mol. The molecule has 7 heteroatoms. The molecule has 0 saturated carbocycles. The minimum absolute atomic E-state index is 0.137. The molecule has 0 fully saturated rings. The summed E-state index contributed by atoms with van der Waals surface area (Å²) in [7, 11) is -3.63. The van der Waals surface area contributed by atoms with E-state index < -0.39 is 10.0 Å². The molecule has 0 unspecified atom stereocenters. The lowest BCUT2D eigenvalue weighted by Crippen LogP contribution is -2.38. The van der Waals surface area contributed by atoms with Crippen LogP contribution in [0.3, 0.4) is 0 Å². The van der Waals surface area contributed by atoms with Crippen molar-refractivity contribution >= 4 is 15.9 Å². The molecule has 0 heterocycles. The van der Waals surface area contributed by atoms with Gasteiger partial charge >= 0.3 is 0 Å². The zero-order valence-electron chi connectivity index (χ0n) is 11.3. The van der Waals surface area contributed by atoms with Crippen LogP contribution in [-0.4, -0.2) is 36.9 Å². The van der Waals surface area contributed by atoms with Gasteiger partial charge in [0, 0.05) is 6.54 Å². The Morgan fingerprint density at radius 1 is 1.37 bits per heavy atom. The predicted molar refractivity (Wildman–Crippen MR) is 73.8 cm³/mol. The first-order valence-electron chi connectivity index (χ1n) is 5.86. The number of sulfonamides is 1. The average Bonchev–Trinajstić information content (AvgIpc) is 2.38. The van der Waals surface area contributed by atoms with Crippen LogP contribution in [0.2, 0.25) is 0 Å². The van der Waals surface area contributed by atoms with Gasteiger partial charge in [0.15, 0.2) is 5.84 Å². The standard InChI is InChI=1S/C12H19N3O3S/c1-4-15(8-12(13)14-16)19(17,18)11-6-5-9(2)10(3)7-11/h5-7,16H,4,8H2,1-3H3,(H2,13,14). The van der Waals surface area contributed by atoms with Gasteiger partial charge in [0.2, 0.25) is 10.0 Å². The highest BCUT2D eigenvalue weighted by Crippen LogP contribution is 2.18. The molecule has 0 atom stereocenters. The molecule has 0 aliphatic heterocycles. The van der Waals surface area contributed by atoms with Crippen LogP contribution in [0.1, 0.15) is 18.1 Å². The minimum atomic E-state index is -3.63. The van der Waals surface area contributed by atoms with Crippen molar-refractivity contribution in [2.45, 2.75) is 25.7 Å². The molecule has 0 saturated heterocycles. The Morgan fingerprint density at radius 2 is 2.00 bits per heavy atom. The SMILES string of the molecule is CCN(CC(N)=NO)S(=O)(=O)c1ccc(C)c(C)c1. The fourth-order valence-corrected chi connectivity index (χ4v) is 3.11. The van der Waals surface area contributed by atoms with Crippen LogP contribution in [0.4, 0.5) is 0 Å². The van der Waals surface area contributed by atoms with Gasteiger partial charge in [-0.15, -0.1) is 0 Å². The first-order valence-corrected chi connectivity index (χ1v) is 7.30. The summed E-state index contributed by atoms with van der Waals surface area (Å²) >= 11 is 0. The number of nitrogens with two attached hydrogens (primary N) is 1. The summed E-state index contributed by atoms with van der Waals surface area (Å²) in [6.45, 7) is 5.57. The van der Waals surface area contributed by atoms with Crippen molar-refractivity contribution in [3.05, 3.63) is 29.3 Å². The van der Waals surface area contributed by atoms with Crippen molar-refractivity contribution < 1.29 is 13.6 Å². The average molecular weight is 285 g/mol. The second-order valence-corrected chi connectivity index (χ2v) is 6.21. The highest BCUT2D eigenvalue weighted by Gasteiger charge is 2.24. The molecule has 0 bridgehead atoms. The van der Waals surface area contributed by atoms with Gasteiger partial charge in [-0.25, -0.2) is 8.42 Å². The number of benzene rings is 1. The number of rotatable bonds is 5. The van der Waals surface area contributed by atoms with E-state index in [2.05, 4.69) is 5.16 Å². The van der Waals surface area contributed by atoms with E-state index in [0.29, 0.717) is 0 Å². The van der Waals surface area contributed by atoms with Crippen LogP contribution < -0.4 is 5.73 Å². The summed E-state index contributed by atoms with van der Waals surface area (Å²) in [5.74, 6) is -0.144.